The van der Waals surface area contributed by atoms with Crippen LogP contribution in [0.4, 0.5) is 18.9 Å². The summed E-state index contributed by atoms with van der Waals surface area (Å²) in [7, 11) is 0.787. The second kappa shape index (κ2) is 9.84. The number of halogens is 3. The number of hydrogen-bond donors (Lipinski definition) is 1. The van der Waals surface area contributed by atoms with Gasteiger partial charge in [0.2, 0.25) is 0 Å². The van der Waals surface area contributed by atoms with Gasteiger partial charge in [-0.1, -0.05) is 0 Å². The minimum Gasteiger partial charge on any atom is -0.472 e. The summed E-state index contributed by atoms with van der Waals surface area (Å²) in [4.78, 5) is 12.9. The van der Waals surface area contributed by atoms with Crippen molar-refractivity contribution in [3.05, 3.63) is 66.0 Å². The number of anilines is 1. The van der Waals surface area contributed by atoms with Crippen molar-refractivity contribution in [2.75, 3.05) is 36.4 Å². The molecule has 0 radical (unpaired) electrons. The van der Waals surface area contributed by atoms with Gasteiger partial charge in [-0.3, -0.25) is 9.48 Å². The fourth-order valence-corrected chi connectivity index (χ4v) is 4.69. The zero-order valence-electron chi connectivity index (χ0n) is 21.2. The molecule has 5 rings (SSSR count). The first-order valence-corrected chi connectivity index (χ1v) is 14.6. The van der Waals surface area contributed by atoms with Crippen molar-refractivity contribution in [2.24, 2.45) is 7.05 Å². The van der Waals surface area contributed by atoms with E-state index in [1.54, 1.807) is 6.07 Å². The molecule has 12 heteroatoms. The molecule has 0 aliphatic rings. The van der Waals surface area contributed by atoms with Crippen molar-refractivity contribution < 1.29 is 27.1 Å². The van der Waals surface area contributed by atoms with Crippen LogP contribution in [-0.4, -0.2) is 56.6 Å². The standard InChI is InChI=1S/C26H26F3N5O3S/c1-33-21-11-19(28)23(24(29)17(21)12-30-33)26(35)31-20-9-16-22(10-18(20)27)34(14-37-7-8-38(2,3)4)32-25(16)15-5-6-36-13-15/h5-6,9-13H,7-8,14H2,1-4H3,(H,31,35). The quantitative estimate of drug-likeness (QED) is 0.260. The van der Waals surface area contributed by atoms with E-state index in [4.69, 9.17) is 9.15 Å². The summed E-state index contributed by atoms with van der Waals surface area (Å²) in [5.74, 6) is -3.18. The van der Waals surface area contributed by atoms with E-state index in [2.05, 4.69) is 34.3 Å². The Morgan fingerprint density at radius 2 is 1.87 bits per heavy atom. The number of nitrogens with zero attached hydrogens (tertiary/aromatic N) is 4. The zero-order valence-corrected chi connectivity index (χ0v) is 22.0. The molecule has 0 saturated heterocycles. The molecule has 1 amide bonds. The van der Waals surface area contributed by atoms with Crippen molar-refractivity contribution >= 4 is 43.4 Å². The van der Waals surface area contributed by atoms with E-state index in [0.29, 0.717) is 28.8 Å². The fourth-order valence-electron chi connectivity index (χ4n) is 4.07. The number of carbonyl (C=O) groups excluding carboxylic acids is 1. The molecule has 5 aromatic rings. The topological polar surface area (TPSA) is 87.1 Å². The van der Waals surface area contributed by atoms with Crippen LogP contribution in [0.25, 0.3) is 33.1 Å². The third-order valence-corrected chi connectivity index (χ3v) is 7.50. The Hall–Kier alpha value is -3.77. The van der Waals surface area contributed by atoms with Gasteiger partial charge in [-0.05, 0) is 30.9 Å². The van der Waals surface area contributed by atoms with E-state index in [1.165, 1.54) is 47.3 Å². The number of nitrogens with one attached hydrogen (secondary N) is 1. The van der Waals surface area contributed by atoms with Crippen LogP contribution in [0.2, 0.25) is 0 Å². The molecule has 0 aliphatic heterocycles. The summed E-state index contributed by atoms with van der Waals surface area (Å²) >= 11 is 0. The van der Waals surface area contributed by atoms with Crippen LogP contribution in [0, 0.1) is 17.5 Å². The van der Waals surface area contributed by atoms with Gasteiger partial charge in [0.1, 0.15) is 35.4 Å². The molecular weight excluding hydrogens is 519 g/mol. The van der Waals surface area contributed by atoms with Gasteiger partial charge in [-0.25, -0.2) is 27.9 Å². The lowest BCUT2D eigenvalue weighted by Gasteiger charge is -2.24. The average molecular weight is 546 g/mol. The SMILES string of the molecule is Cn1ncc2c(F)c(C(=O)Nc3cc4c(-c5ccoc5)nn(COCCS(C)(C)C)c4cc3F)c(F)cc21. The number of aryl methyl sites for hydroxylation is 1. The second-order valence-corrected chi connectivity index (χ2v) is 14.3. The molecular formula is C26H26F3N5O3S. The molecule has 200 valence electrons. The number of furan rings is 1. The lowest BCUT2D eigenvalue weighted by Crippen LogP contribution is -2.17. The first kappa shape index (κ1) is 25.9. The molecule has 1 N–H and O–H groups in total. The number of rotatable bonds is 8. The summed E-state index contributed by atoms with van der Waals surface area (Å²) in [6.07, 6.45) is 10.7. The molecule has 0 bridgehead atoms. The van der Waals surface area contributed by atoms with Gasteiger partial charge in [0, 0.05) is 35.9 Å². The van der Waals surface area contributed by atoms with Gasteiger partial charge in [-0.2, -0.15) is 10.2 Å². The van der Waals surface area contributed by atoms with Crippen molar-refractivity contribution in [1.29, 1.82) is 0 Å². The van der Waals surface area contributed by atoms with Crippen molar-refractivity contribution in [2.45, 2.75) is 6.73 Å². The smallest absolute Gasteiger partial charge is 0.261 e. The highest BCUT2D eigenvalue weighted by Crippen LogP contribution is 2.35. The van der Waals surface area contributed by atoms with Crippen molar-refractivity contribution in [3.63, 3.8) is 0 Å². The Kier molecular flexibility index (Phi) is 6.70. The number of benzene rings is 2. The number of carbonyl (C=O) groups is 1. The van der Waals surface area contributed by atoms with Crippen LogP contribution >= 0.6 is 10.0 Å². The summed E-state index contributed by atoms with van der Waals surface area (Å²) < 4.78 is 58.8. The van der Waals surface area contributed by atoms with E-state index >= 15 is 8.78 Å². The Balaban J connectivity index is 1.50. The van der Waals surface area contributed by atoms with Crippen LogP contribution in [-0.2, 0) is 18.5 Å². The van der Waals surface area contributed by atoms with Crippen LogP contribution in [0.1, 0.15) is 10.4 Å². The maximum atomic E-state index is 15.2. The van der Waals surface area contributed by atoms with Gasteiger partial charge < -0.3 is 14.5 Å². The molecule has 0 fully saturated rings. The highest BCUT2D eigenvalue weighted by Gasteiger charge is 2.24. The highest BCUT2D eigenvalue weighted by atomic mass is 32.3. The van der Waals surface area contributed by atoms with Crippen LogP contribution in [0.5, 0.6) is 0 Å². The van der Waals surface area contributed by atoms with Gasteiger partial charge in [0.05, 0.1) is 47.4 Å². The van der Waals surface area contributed by atoms with Gasteiger partial charge in [0.15, 0.2) is 0 Å². The first-order valence-electron chi connectivity index (χ1n) is 11.6. The lowest BCUT2D eigenvalue weighted by atomic mass is 10.1. The highest BCUT2D eigenvalue weighted by molar-refractivity contribution is 8.32. The molecule has 3 heterocycles. The molecule has 0 atom stereocenters. The van der Waals surface area contributed by atoms with E-state index in [-0.39, 0.29) is 23.3 Å². The zero-order chi connectivity index (χ0) is 27.2. The molecule has 3 aromatic heterocycles. The minimum atomic E-state index is -1.13. The third kappa shape index (κ3) is 4.88. The van der Waals surface area contributed by atoms with Crippen LogP contribution in [0.15, 0.2) is 47.4 Å². The Morgan fingerprint density at radius 3 is 2.58 bits per heavy atom. The summed E-state index contributed by atoms with van der Waals surface area (Å²) in [5, 5.41) is 11.3. The summed E-state index contributed by atoms with van der Waals surface area (Å²) in [6, 6.07) is 5.30. The number of fused-ring (bicyclic) bond motifs is 2. The van der Waals surface area contributed by atoms with Gasteiger partial charge in [0.25, 0.3) is 5.91 Å². The maximum absolute atomic E-state index is 15.2. The van der Waals surface area contributed by atoms with E-state index in [9.17, 15) is 9.18 Å². The molecule has 0 aliphatic carbocycles. The monoisotopic (exact) mass is 545 g/mol. The van der Waals surface area contributed by atoms with E-state index in [1.807, 2.05) is 0 Å². The van der Waals surface area contributed by atoms with E-state index < -0.39 is 39.0 Å². The number of aromatic nitrogens is 4. The summed E-state index contributed by atoms with van der Waals surface area (Å²) in [5.41, 5.74) is 0.639. The van der Waals surface area contributed by atoms with Crippen LogP contribution in [0.3, 0.4) is 0 Å². The van der Waals surface area contributed by atoms with Gasteiger partial charge >= 0.3 is 0 Å². The third-order valence-electron chi connectivity index (χ3n) is 6.11. The normalized spacial score (nSPS) is 12.5. The second-order valence-electron chi connectivity index (χ2n) is 9.74. The van der Waals surface area contributed by atoms with Crippen molar-refractivity contribution in [3.8, 4) is 11.3 Å². The van der Waals surface area contributed by atoms with Gasteiger partial charge in [-0.15, -0.1) is 0 Å². The molecule has 0 spiro atoms. The minimum absolute atomic E-state index is 0.0217. The number of amides is 1. The lowest BCUT2D eigenvalue weighted by molar-refractivity contribution is 0.0842. The largest absolute Gasteiger partial charge is 0.472 e. The van der Waals surface area contributed by atoms with E-state index in [0.717, 1.165) is 11.8 Å². The average Bonchev–Trinajstić information content (AvgIpc) is 3.57. The molecule has 8 nitrogen and oxygen atoms in total. The Bertz CT molecular complexity index is 1650. The molecule has 38 heavy (non-hydrogen) atoms. The predicted molar refractivity (Wildman–Crippen MR) is 142 cm³/mol. The summed E-state index contributed by atoms with van der Waals surface area (Å²) in [6.45, 7) is 0.618. The number of ether oxygens (including phenoxy) is 1. The van der Waals surface area contributed by atoms with Crippen LogP contribution < -0.4 is 5.32 Å². The Morgan fingerprint density at radius 1 is 1.11 bits per heavy atom. The van der Waals surface area contributed by atoms with Crippen molar-refractivity contribution in [1.82, 2.24) is 19.6 Å². The number of hydrogen-bond acceptors (Lipinski definition) is 5. The Labute approximate surface area is 217 Å². The fraction of sp³-hybridized carbons (Fsp3) is 0.269. The maximum Gasteiger partial charge on any atom is 0.261 e. The molecule has 2 aromatic carbocycles. The predicted octanol–water partition coefficient (Wildman–Crippen LogP) is 5.52. The molecule has 0 unspecified atom stereocenters. The first-order chi connectivity index (χ1) is 18.0. The molecule has 0 saturated carbocycles.